The molecule has 4 heteroatoms. The van der Waals surface area contributed by atoms with Gasteiger partial charge in [0.25, 0.3) is 0 Å². The first-order valence-electron chi connectivity index (χ1n) is 3.80. The molecule has 0 unspecified atom stereocenters. The number of nitriles is 1. The minimum atomic E-state index is 0.383. The molecule has 2 aromatic heterocycles. The molecule has 0 radical (unpaired) electrons. The zero-order valence-electron chi connectivity index (χ0n) is 6.74. The first-order valence-corrected chi connectivity index (χ1v) is 4.18. The van der Waals surface area contributed by atoms with Crippen LogP contribution in [-0.4, -0.2) is 9.38 Å². The lowest BCUT2D eigenvalue weighted by atomic mass is 10.3. The van der Waals surface area contributed by atoms with Crippen LogP contribution in [0.15, 0.2) is 24.5 Å². The van der Waals surface area contributed by atoms with Gasteiger partial charge >= 0.3 is 0 Å². The lowest BCUT2D eigenvalue weighted by molar-refractivity contribution is 1.03. The van der Waals surface area contributed by atoms with Crippen molar-refractivity contribution >= 4 is 17.1 Å². The van der Waals surface area contributed by atoms with Crippen LogP contribution >= 0.6 is 11.6 Å². The highest BCUT2D eigenvalue weighted by Crippen LogP contribution is 2.17. The minimum Gasteiger partial charge on any atom is -0.316 e. The van der Waals surface area contributed by atoms with E-state index in [4.69, 9.17) is 16.9 Å². The van der Waals surface area contributed by atoms with Crippen molar-refractivity contribution in [3.8, 4) is 6.07 Å². The van der Waals surface area contributed by atoms with E-state index in [1.807, 2.05) is 16.5 Å². The summed E-state index contributed by atoms with van der Waals surface area (Å²) in [5.74, 6) is 0. The Balaban J connectivity index is 2.70. The number of halogens is 1. The highest BCUT2D eigenvalue weighted by Gasteiger charge is 2.03. The second kappa shape index (κ2) is 3.08. The fourth-order valence-corrected chi connectivity index (χ4v) is 1.50. The van der Waals surface area contributed by atoms with Crippen LogP contribution in [0.3, 0.4) is 0 Å². The molecule has 0 aliphatic rings. The van der Waals surface area contributed by atoms with Crippen LogP contribution in [0.25, 0.3) is 5.52 Å². The van der Waals surface area contributed by atoms with Crippen molar-refractivity contribution in [1.82, 2.24) is 9.38 Å². The summed E-state index contributed by atoms with van der Waals surface area (Å²) in [7, 11) is 0. The van der Waals surface area contributed by atoms with Crippen molar-refractivity contribution in [2.24, 2.45) is 0 Å². The van der Waals surface area contributed by atoms with Gasteiger partial charge in [0.1, 0.15) is 0 Å². The molecule has 13 heavy (non-hydrogen) atoms. The molecule has 0 saturated carbocycles. The summed E-state index contributed by atoms with van der Waals surface area (Å²) >= 11 is 5.86. The Morgan fingerprint density at radius 3 is 3.15 bits per heavy atom. The average molecular weight is 192 g/mol. The van der Waals surface area contributed by atoms with E-state index in [0.29, 0.717) is 11.6 Å². The van der Waals surface area contributed by atoms with Gasteiger partial charge < -0.3 is 4.40 Å². The molecule has 0 amide bonds. The number of rotatable bonds is 1. The molecule has 0 aromatic carbocycles. The van der Waals surface area contributed by atoms with E-state index in [1.54, 1.807) is 12.4 Å². The van der Waals surface area contributed by atoms with Gasteiger partial charge in [-0.25, -0.2) is 4.98 Å². The highest BCUT2D eigenvalue weighted by atomic mass is 35.5. The number of fused-ring (bicyclic) bond motifs is 1. The predicted molar refractivity (Wildman–Crippen MR) is 49.5 cm³/mol. The summed E-state index contributed by atoms with van der Waals surface area (Å²) in [4.78, 5) is 3.94. The summed E-state index contributed by atoms with van der Waals surface area (Å²) in [6.07, 6.45) is 3.80. The molecule has 0 spiro atoms. The van der Waals surface area contributed by atoms with Gasteiger partial charge in [0.2, 0.25) is 0 Å². The van der Waals surface area contributed by atoms with Crippen molar-refractivity contribution in [2.45, 2.75) is 6.42 Å². The third-order valence-corrected chi connectivity index (χ3v) is 2.17. The van der Waals surface area contributed by atoms with E-state index < -0.39 is 0 Å². The molecule has 64 valence electrons. The van der Waals surface area contributed by atoms with Crippen LogP contribution in [-0.2, 0) is 6.42 Å². The quantitative estimate of drug-likeness (QED) is 0.692. The molecule has 0 fully saturated rings. The third kappa shape index (κ3) is 1.25. The highest BCUT2D eigenvalue weighted by molar-refractivity contribution is 6.32. The molecule has 0 saturated heterocycles. The fourth-order valence-electron chi connectivity index (χ4n) is 1.29. The van der Waals surface area contributed by atoms with Gasteiger partial charge in [0.05, 0.1) is 18.0 Å². The Morgan fingerprint density at radius 2 is 2.38 bits per heavy atom. The molecule has 0 N–H and O–H groups in total. The summed E-state index contributed by atoms with van der Waals surface area (Å²) in [6.45, 7) is 0. The van der Waals surface area contributed by atoms with Crippen molar-refractivity contribution in [3.63, 3.8) is 0 Å². The van der Waals surface area contributed by atoms with E-state index in [9.17, 15) is 0 Å². The lowest BCUT2D eigenvalue weighted by Gasteiger charge is -1.98. The lowest BCUT2D eigenvalue weighted by Crippen LogP contribution is -1.91. The van der Waals surface area contributed by atoms with E-state index in [2.05, 4.69) is 11.1 Å². The predicted octanol–water partition coefficient (Wildman–Crippen LogP) is 2.05. The van der Waals surface area contributed by atoms with Crippen molar-refractivity contribution < 1.29 is 0 Å². The first kappa shape index (κ1) is 8.09. The van der Waals surface area contributed by atoms with Crippen LogP contribution in [0.5, 0.6) is 0 Å². The maximum atomic E-state index is 8.55. The summed E-state index contributed by atoms with van der Waals surface area (Å²) in [6, 6.07) is 5.84. The van der Waals surface area contributed by atoms with Crippen LogP contribution < -0.4 is 0 Å². The summed E-state index contributed by atoms with van der Waals surface area (Å²) < 4.78 is 1.87. The number of hydrogen-bond donors (Lipinski definition) is 0. The first-order chi connectivity index (χ1) is 6.33. The largest absolute Gasteiger partial charge is 0.316 e. The Morgan fingerprint density at radius 1 is 1.54 bits per heavy atom. The van der Waals surface area contributed by atoms with E-state index in [1.165, 1.54) is 0 Å². The number of hydrogen-bond acceptors (Lipinski definition) is 2. The Labute approximate surface area is 80.2 Å². The SMILES string of the molecule is N#CCc1ccc2c(Cl)nccn12. The fraction of sp³-hybridized carbons (Fsp3) is 0.111. The Bertz CT molecular complexity index is 481. The van der Waals surface area contributed by atoms with Gasteiger partial charge in [0.15, 0.2) is 5.15 Å². The van der Waals surface area contributed by atoms with Crippen LogP contribution in [0, 0.1) is 11.3 Å². The maximum absolute atomic E-state index is 8.55. The van der Waals surface area contributed by atoms with Gasteiger partial charge in [0, 0.05) is 18.1 Å². The van der Waals surface area contributed by atoms with Crippen LogP contribution in [0.1, 0.15) is 5.69 Å². The van der Waals surface area contributed by atoms with Gasteiger partial charge in [-0.05, 0) is 12.1 Å². The molecule has 0 aliphatic carbocycles. The molecule has 2 aromatic rings. The standard InChI is InChI=1S/C9H6ClN3/c10-9-8-2-1-7(3-4-11)13(8)6-5-12-9/h1-2,5-6H,3H2. The zero-order chi connectivity index (χ0) is 9.26. The zero-order valence-corrected chi connectivity index (χ0v) is 7.49. The van der Waals surface area contributed by atoms with Gasteiger partial charge in [-0.3, -0.25) is 0 Å². The Kier molecular flexibility index (Phi) is 1.91. The van der Waals surface area contributed by atoms with Crippen LogP contribution in [0.4, 0.5) is 0 Å². The summed E-state index contributed by atoms with van der Waals surface area (Å²) in [5.41, 5.74) is 1.77. The molecule has 3 nitrogen and oxygen atoms in total. The molecule has 0 bridgehead atoms. The average Bonchev–Trinajstić information content (AvgIpc) is 2.51. The molecular formula is C9H6ClN3. The summed E-state index contributed by atoms with van der Waals surface area (Å²) in [5, 5.41) is 9.02. The number of aromatic nitrogens is 2. The van der Waals surface area contributed by atoms with Crippen LogP contribution in [0.2, 0.25) is 5.15 Å². The van der Waals surface area contributed by atoms with Gasteiger partial charge in [-0.2, -0.15) is 5.26 Å². The monoisotopic (exact) mass is 191 g/mol. The molecule has 0 atom stereocenters. The smallest absolute Gasteiger partial charge is 0.153 e. The second-order valence-corrected chi connectivity index (χ2v) is 2.99. The van der Waals surface area contributed by atoms with E-state index >= 15 is 0 Å². The van der Waals surface area contributed by atoms with Crippen molar-refractivity contribution in [2.75, 3.05) is 0 Å². The minimum absolute atomic E-state index is 0.383. The normalized spacial score (nSPS) is 10.2. The van der Waals surface area contributed by atoms with E-state index in [-0.39, 0.29) is 0 Å². The molecule has 2 heterocycles. The van der Waals surface area contributed by atoms with Gasteiger partial charge in [-0.15, -0.1) is 0 Å². The van der Waals surface area contributed by atoms with Crippen molar-refractivity contribution in [1.29, 1.82) is 5.26 Å². The Hall–Kier alpha value is -1.53. The molecule has 0 aliphatic heterocycles. The second-order valence-electron chi connectivity index (χ2n) is 2.63. The van der Waals surface area contributed by atoms with Gasteiger partial charge in [-0.1, -0.05) is 11.6 Å². The topological polar surface area (TPSA) is 41.1 Å². The van der Waals surface area contributed by atoms with E-state index in [0.717, 1.165) is 11.2 Å². The number of nitrogens with zero attached hydrogens (tertiary/aromatic N) is 3. The molecule has 2 rings (SSSR count). The maximum Gasteiger partial charge on any atom is 0.153 e. The van der Waals surface area contributed by atoms with Crippen molar-refractivity contribution in [3.05, 3.63) is 35.4 Å². The molecular weight excluding hydrogens is 186 g/mol. The third-order valence-electron chi connectivity index (χ3n) is 1.88.